The largest absolute Gasteiger partial charge is 0.337 e. The summed E-state index contributed by atoms with van der Waals surface area (Å²) < 4.78 is 0. The first kappa shape index (κ1) is 13.9. The maximum Gasteiger partial charge on any atom is 0.223 e. The first-order valence-electron chi connectivity index (χ1n) is 6.07. The number of carbonyl (C=O) groups is 1. The zero-order chi connectivity index (χ0) is 12.6. The van der Waals surface area contributed by atoms with Crippen LogP contribution in [0.15, 0.2) is 0 Å². The lowest BCUT2D eigenvalue weighted by Gasteiger charge is -2.40. The minimum absolute atomic E-state index is 0.0347. The smallest absolute Gasteiger partial charge is 0.223 e. The summed E-state index contributed by atoms with van der Waals surface area (Å²) in [6, 6.07) is 0. The van der Waals surface area contributed by atoms with E-state index in [4.69, 9.17) is 0 Å². The van der Waals surface area contributed by atoms with Crippen molar-refractivity contribution in [2.24, 2.45) is 11.3 Å². The Morgan fingerprint density at radius 2 is 1.88 bits per heavy atom. The van der Waals surface area contributed by atoms with Crippen molar-refractivity contribution in [1.29, 1.82) is 0 Å². The number of hydrogen-bond acceptors (Lipinski definition) is 2. The zero-order valence-electron chi connectivity index (χ0n) is 11.2. The topological polar surface area (TPSA) is 20.3 Å². The number of amides is 1. The number of rotatable bonds is 3. The van der Waals surface area contributed by atoms with Crippen molar-refractivity contribution in [3.05, 3.63) is 0 Å². The van der Waals surface area contributed by atoms with Gasteiger partial charge in [-0.15, -0.1) is 0 Å². The lowest BCUT2D eigenvalue weighted by Crippen LogP contribution is -2.47. The summed E-state index contributed by atoms with van der Waals surface area (Å²) in [7, 11) is 0. The highest BCUT2D eigenvalue weighted by Gasteiger charge is 2.39. The lowest BCUT2D eigenvalue weighted by molar-refractivity contribution is -0.133. The highest BCUT2D eigenvalue weighted by Crippen LogP contribution is 2.35. The number of carbonyl (C=O) groups excluding carboxylic acids is 1. The van der Waals surface area contributed by atoms with E-state index in [9.17, 15) is 4.79 Å². The van der Waals surface area contributed by atoms with Crippen molar-refractivity contribution < 1.29 is 4.79 Å². The van der Waals surface area contributed by atoms with Gasteiger partial charge in [0.15, 0.2) is 0 Å². The summed E-state index contributed by atoms with van der Waals surface area (Å²) in [5.41, 5.74) is 0.218. The fourth-order valence-corrected chi connectivity index (χ4v) is 3.13. The van der Waals surface area contributed by atoms with Crippen molar-refractivity contribution in [2.75, 3.05) is 12.3 Å². The van der Waals surface area contributed by atoms with Crippen LogP contribution in [0.5, 0.6) is 0 Å². The molecule has 1 saturated heterocycles. The highest BCUT2D eigenvalue weighted by atomic mass is 32.1. The maximum absolute atomic E-state index is 12.0. The van der Waals surface area contributed by atoms with Crippen LogP contribution in [0.1, 0.15) is 47.5 Å². The van der Waals surface area contributed by atoms with Crippen LogP contribution >= 0.6 is 12.6 Å². The van der Waals surface area contributed by atoms with Crippen LogP contribution in [-0.4, -0.2) is 28.6 Å². The molecule has 0 radical (unpaired) electrons. The Hall–Kier alpha value is -0.180. The molecule has 0 spiro atoms. The average molecular weight is 243 g/mol. The molecular weight excluding hydrogens is 218 g/mol. The summed E-state index contributed by atoms with van der Waals surface area (Å²) in [6.07, 6.45) is 1.71. The molecule has 1 amide bonds. The van der Waals surface area contributed by atoms with Crippen LogP contribution < -0.4 is 0 Å². The summed E-state index contributed by atoms with van der Waals surface area (Å²) in [4.78, 5) is 14.0. The van der Waals surface area contributed by atoms with Gasteiger partial charge in [-0.25, -0.2) is 0 Å². The number of hydrogen-bond donors (Lipinski definition) is 1. The van der Waals surface area contributed by atoms with Gasteiger partial charge in [-0.2, -0.15) is 12.6 Å². The van der Waals surface area contributed by atoms with Gasteiger partial charge in [-0.1, -0.05) is 20.8 Å². The van der Waals surface area contributed by atoms with Gasteiger partial charge >= 0.3 is 0 Å². The molecule has 1 aliphatic rings. The second-order valence-electron chi connectivity index (χ2n) is 6.81. The van der Waals surface area contributed by atoms with Gasteiger partial charge in [0.1, 0.15) is 0 Å². The third kappa shape index (κ3) is 3.41. The molecule has 1 heterocycles. The minimum atomic E-state index is -0.0347. The molecule has 1 rings (SSSR count). The number of likely N-dealkylation sites (tertiary alicyclic amines) is 1. The first-order valence-corrected chi connectivity index (χ1v) is 6.70. The predicted octanol–water partition coefficient (Wildman–Crippen LogP) is 2.98. The van der Waals surface area contributed by atoms with E-state index in [0.717, 1.165) is 18.7 Å². The molecule has 16 heavy (non-hydrogen) atoms. The Morgan fingerprint density at radius 1 is 1.31 bits per heavy atom. The predicted molar refractivity (Wildman–Crippen MR) is 71.8 cm³/mol. The molecule has 1 fully saturated rings. The summed E-state index contributed by atoms with van der Waals surface area (Å²) >= 11 is 4.30. The monoisotopic (exact) mass is 243 g/mol. The van der Waals surface area contributed by atoms with Crippen molar-refractivity contribution >= 4 is 18.5 Å². The first-order chi connectivity index (χ1) is 7.15. The van der Waals surface area contributed by atoms with Crippen molar-refractivity contribution in [3.8, 4) is 0 Å². The lowest BCUT2D eigenvalue weighted by atomic mass is 9.81. The van der Waals surface area contributed by atoms with Crippen LogP contribution in [0, 0.1) is 11.3 Å². The van der Waals surface area contributed by atoms with Crippen molar-refractivity contribution in [2.45, 2.75) is 53.0 Å². The molecule has 0 bridgehead atoms. The fraction of sp³-hybridized carbons (Fsp3) is 0.923. The van der Waals surface area contributed by atoms with Crippen molar-refractivity contribution in [3.63, 3.8) is 0 Å². The van der Waals surface area contributed by atoms with E-state index >= 15 is 0 Å². The molecule has 1 unspecified atom stereocenters. The van der Waals surface area contributed by atoms with Crippen molar-refractivity contribution in [1.82, 2.24) is 4.90 Å². The van der Waals surface area contributed by atoms with Crippen LogP contribution in [0.2, 0.25) is 0 Å². The van der Waals surface area contributed by atoms with Gasteiger partial charge in [0.2, 0.25) is 5.91 Å². The second kappa shape index (κ2) is 4.59. The van der Waals surface area contributed by atoms with Crippen LogP contribution in [0.25, 0.3) is 0 Å². The summed E-state index contributed by atoms with van der Waals surface area (Å²) in [5.74, 6) is 1.55. The Morgan fingerprint density at radius 3 is 2.25 bits per heavy atom. The molecule has 1 aliphatic heterocycles. The standard InChI is InChI=1S/C13H25NOS/c1-12(2,3)9-13(4,5)14-7-10(8-16)6-11(14)15/h10,16H,6-9H2,1-5H3. The number of nitrogens with zero attached hydrogens (tertiary/aromatic N) is 1. The quantitative estimate of drug-likeness (QED) is 0.756. The normalized spacial score (nSPS) is 23.0. The summed E-state index contributed by atoms with van der Waals surface area (Å²) in [6.45, 7) is 11.9. The Labute approximate surface area is 105 Å². The molecule has 3 heteroatoms. The van der Waals surface area contributed by atoms with Gasteiger partial charge in [0.05, 0.1) is 0 Å². The van der Waals surface area contributed by atoms with Gasteiger partial charge < -0.3 is 4.90 Å². The van der Waals surface area contributed by atoms with Gasteiger partial charge in [0.25, 0.3) is 0 Å². The molecule has 2 nitrogen and oxygen atoms in total. The average Bonchev–Trinajstić information content (AvgIpc) is 2.43. The molecule has 0 aromatic rings. The molecule has 1 atom stereocenters. The third-order valence-corrected chi connectivity index (χ3v) is 3.67. The van der Waals surface area contributed by atoms with E-state index in [2.05, 4.69) is 52.1 Å². The number of thiol groups is 1. The molecule has 0 saturated carbocycles. The van der Waals surface area contributed by atoms with E-state index in [0.29, 0.717) is 18.2 Å². The Kier molecular flexibility index (Phi) is 3.99. The zero-order valence-corrected chi connectivity index (χ0v) is 12.1. The summed E-state index contributed by atoms with van der Waals surface area (Å²) in [5, 5.41) is 0. The van der Waals surface area contributed by atoms with Gasteiger partial charge in [-0.3, -0.25) is 4.79 Å². The highest BCUT2D eigenvalue weighted by molar-refractivity contribution is 7.80. The molecule has 94 valence electrons. The molecule has 0 N–H and O–H groups in total. The SMILES string of the molecule is CC(C)(C)CC(C)(C)N1CC(CS)CC1=O. The third-order valence-electron chi connectivity index (χ3n) is 3.16. The Balaban J connectivity index is 2.73. The minimum Gasteiger partial charge on any atom is -0.337 e. The van der Waals surface area contributed by atoms with Crippen LogP contribution in [0.3, 0.4) is 0 Å². The molecule has 0 aliphatic carbocycles. The van der Waals surface area contributed by atoms with E-state index in [1.165, 1.54) is 0 Å². The Bertz CT molecular complexity index is 268. The molecule has 0 aromatic heterocycles. The maximum atomic E-state index is 12.0. The van der Waals surface area contributed by atoms with E-state index < -0.39 is 0 Å². The van der Waals surface area contributed by atoms with Gasteiger partial charge in [-0.05, 0) is 37.4 Å². The van der Waals surface area contributed by atoms with Crippen LogP contribution in [0.4, 0.5) is 0 Å². The van der Waals surface area contributed by atoms with E-state index in [1.54, 1.807) is 0 Å². The van der Waals surface area contributed by atoms with E-state index in [-0.39, 0.29) is 11.0 Å². The molecular formula is C13H25NOS. The molecule has 0 aromatic carbocycles. The van der Waals surface area contributed by atoms with Crippen LogP contribution in [-0.2, 0) is 4.79 Å². The fourth-order valence-electron chi connectivity index (χ4n) is 2.88. The van der Waals surface area contributed by atoms with Gasteiger partial charge in [0, 0.05) is 18.5 Å². The second-order valence-corrected chi connectivity index (χ2v) is 7.17. The van der Waals surface area contributed by atoms with E-state index in [1.807, 2.05) is 0 Å².